The third kappa shape index (κ3) is 2.73. The molecule has 1 aliphatic heterocycles. The molecular weight excluding hydrogens is 302 g/mol. The van der Waals surface area contributed by atoms with E-state index in [1.54, 1.807) is 0 Å². The molecule has 0 bridgehead atoms. The number of nitrogens with zero attached hydrogens (tertiary/aromatic N) is 2. The van der Waals surface area contributed by atoms with Crippen molar-refractivity contribution in [2.45, 2.75) is 18.4 Å². The van der Waals surface area contributed by atoms with Gasteiger partial charge < -0.3 is 19.7 Å². The largest absolute Gasteiger partial charge is 0.480 e. The fraction of sp³-hybridized carbons (Fsp3) is 0.636. The Hall–Kier alpha value is -0.920. The van der Waals surface area contributed by atoms with Gasteiger partial charge in [0.2, 0.25) is 0 Å². The van der Waals surface area contributed by atoms with Crippen LogP contribution in [0.1, 0.15) is 18.7 Å². The smallest absolute Gasteiger partial charge is 0.329 e. The van der Waals surface area contributed by atoms with Crippen LogP contribution in [0.25, 0.3) is 0 Å². The monoisotopic (exact) mass is 317 g/mol. The van der Waals surface area contributed by atoms with Crippen LogP contribution in [0.4, 0.5) is 0 Å². The van der Waals surface area contributed by atoms with Gasteiger partial charge >= 0.3 is 5.97 Å². The van der Waals surface area contributed by atoms with Crippen molar-refractivity contribution in [1.29, 1.82) is 0 Å². The second-order valence-corrected chi connectivity index (χ2v) is 5.27. The van der Waals surface area contributed by atoms with Crippen LogP contribution in [-0.4, -0.2) is 40.3 Å². The molecule has 0 spiro atoms. The molecule has 0 aromatic carbocycles. The van der Waals surface area contributed by atoms with Crippen molar-refractivity contribution >= 4 is 21.9 Å². The number of aliphatic carboxylic acids is 1. The highest BCUT2D eigenvalue weighted by Crippen LogP contribution is 2.32. The van der Waals surface area contributed by atoms with Gasteiger partial charge in [-0.25, -0.2) is 9.78 Å². The van der Waals surface area contributed by atoms with Crippen LogP contribution < -0.4 is 5.32 Å². The summed E-state index contributed by atoms with van der Waals surface area (Å²) in [6.45, 7) is 1.19. The number of aromatic nitrogens is 2. The number of aryl methyl sites for hydroxylation is 1. The zero-order valence-electron chi connectivity index (χ0n) is 10.1. The van der Waals surface area contributed by atoms with Crippen molar-refractivity contribution in [3.05, 3.63) is 16.6 Å². The Morgan fingerprint density at radius 2 is 2.56 bits per heavy atom. The van der Waals surface area contributed by atoms with E-state index in [1.807, 2.05) is 17.8 Å². The van der Waals surface area contributed by atoms with Gasteiger partial charge in [-0.2, -0.15) is 0 Å². The summed E-state index contributed by atoms with van der Waals surface area (Å²) in [7, 11) is 1.88. The van der Waals surface area contributed by atoms with Crippen LogP contribution in [0.15, 0.2) is 10.8 Å². The third-order valence-electron chi connectivity index (χ3n) is 3.07. The summed E-state index contributed by atoms with van der Waals surface area (Å²) in [5.41, 5.74) is -0.655. The minimum Gasteiger partial charge on any atom is -0.480 e. The SMILES string of the molecule is Cn1cc(Br)nc1C1(OCC(=O)O)CCCNC1. The summed E-state index contributed by atoms with van der Waals surface area (Å²) in [4.78, 5) is 15.1. The molecule has 2 rings (SSSR count). The highest BCUT2D eigenvalue weighted by molar-refractivity contribution is 9.10. The van der Waals surface area contributed by atoms with Gasteiger partial charge in [-0.15, -0.1) is 0 Å². The van der Waals surface area contributed by atoms with Crippen molar-refractivity contribution in [2.75, 3.05) is 19.7 Å². The Labute approximate surface area is 113 Å². The van der Waals surface area contributed by atoms with Gasteiger partial charge in [0.25, 0.3) is 0 Å². The number of piperidine rings is 1. The van der Waals surface area contributed by atoms with Crippen LogP contribution in [0, 0.1) is 0 Å². The zero-order valence-corrected chi connectivity index (χ0v) is 11.7. The fourth-order valence-electron chi connectivity index (χ4n) is 2.31. The number of hydrogen-bond acceptors (Lipinski definition) is 4. The number of halogens is 1. The van der Waals surface area contributed by atoms with Gasteiger partial charge in [0.05, 0.1) is 0 Å². The molecular formula is C11H16BrN3O3. The molecule has 2 heterocycles. The predicted molar refractivity (Wildman–Crippen MR) is 68.3 cm³/mol. The Bertz CT molecular complexity index is 441. The molecule has 0 aliphatic carbocycles. The molecule has 0 amide bonds. The molecule has 1 unspecified atom stereocenters. The molecule has 100 valence electrons. The first-order chi connectivity index (χ1) is 8.53. The van der Waals surface area contributed by atoms with E-state index in [4.69, 9.17) is 9.84 Å². The lowest BCUT2D eigenvalue weighted by Gasteiger charge is -2.36. The lowest BCUT2D eigenvalue weighted by molar-refractivity contribution is -0.153. The Balaban J connectivity index is 2.28. The summed E-state index contributed by atoms with van der Waals surface area (Å²) < 4.78 is 8.25. The minimum atomic E-state index is -0.965. The Morgan fingerprint density at radius 3 is 3.06 bits per heavy atom. The minimum absolute atomic E-state index is 0.313. The van der Waals surface area contributed by atoms with Gasteiger partial charge in [0, 0.05) is 19.8 Å². The van der Waals surface area contributed by atoms with Crippen LogP contribution in [-0.2, 0) is 22.2 Å². The van der Waals surface area contributed by atoms with E-state index < -0.39 is 11.6 Å². The summed E-state index contributed by atoms with van der Waals surface area (Å²) in [6.07, 6.45) is 3.55. The molecule has 1 aromatic rings. The van der Waals surface area contributed by atoms with Crippen LogP contribution in [0.2, 0.25) is 0 Å². The number of ether oxygens (including phenoxy) is 1. The van der Waals surface area contributed by atoms with Crippen molar-refractivity contribution in [3.63, 3.8) is 0 Å². The van der Waals surface area contributed by atoms with Gasteiger partial charge in [0.1, 0.15) is 22.6 Å². The average Bonchev–Trinajstić information content (AvgIpc) is 2.68. The lowest BCUT2D eigenvalue weighted by atomic mass is 9.92. The van der Waals surface area contributed by atoms with E-state index in [-0.39, 0.29) is 6.61 Å². The molecule has 6 nitrogen and oxygen atoms in total. The summed E-state index contributed by atoms with van der Waals surface area (Å²) in [5.74, 6) is -0.212. The zero-order chi connectivity index (χ0) is 13.2. The summed E-state index contributed by atoms with van der Waals surface area (Å²) in [5, 5.41) is 12.0. The molecule has 1 atom stereocenters. The highest BCUT2D eigenvalue weighted by Gasteiger charge is 2.39. The first-order valence-electron chi connectivity index (χ1n) is 5.79. The molecule has 18 heavy (non-hydrogen) atoms. The van der Waals surface area contributed by atoms with Gasteiger partial charge in [0.15, 0.2) is 0 Å². The van der Waals surface area contributed by atoms with E-state index in [2.05, 4.69) is 26.2 Å². The number of carbonyl (C=O) groups is 1. The molecule has 1 fully saturated rings. The van der Waals surface area contributed by atoms with Gasteiger partial charge in [-0.1, -0.05) is 0 Å². The normalized spacial score (nSPS) is 24.1. The molecule has 1 aliphatic rings. The number of nitrogens with one attached hydrogen (secondary N) is 1. The maximum absolute atomic E-state index is 10.7. The Kier molecular flexibility index (Phi) is 4.04. The van der Waals surface area contributed by atoms with Crippen molar-refractivity contribution in [2.24, 2.45) is 7.05 Å². The van der Waals surface area contributed by atoms with E-state index >= 15 is 0 Å². The summed E-state index contributed by atoms with van der Waals surface area (Å²) >= 11 is 3.33. The molecule has 0 saturated carbocycles. The second-order valence-electron chi connectivity index (χ2n) is 4.46. The number of rotatable bonds is 4. The second kappa shape index (κ2) is 5.38. The van der Waals surface area contributed by atoms with E-state index in [9.17, 15) is 4.79 Å². The standard InChI is InChI=1S/C11H16BrN3O3/c1-15-5-8(12)14-10(15)11(18-6-9(16)17)3-2-4-13-7-11/h5,13H,2-4,6-7H2,1H3,(H,16,17). The molecule has 2 N–H and O–H groups in total. The summed E-state index contributed by atoms with van der Waals surface area (Å²) in [6, 6.07) is 0. The first kappa shape index (κ1) is 13.5. The van der Waals surface area contributed by atoms with Crippen molar-refractivity contribution in [1.82, 2.24) is 14.9 Å². The predicted octanol–water partition coefficient (Wildman–Crippen LogP) is 0.863. The number of carboxylic acid groups (broad SMARTS) is 1. The van der Waals surface area contributed by atoms with Gasteiger partial charge in [-0.05, 0) is 35.3 Å². The third-order valence-corrected chi connectivity index (χ3v) is 3.45. The van der Waals surface area contributed by atoms with Crippen LogP contribution in [0.5, 0.6) is 0 Å². The Morgan fingerprint density at radius 1 is 1.78 bits per heavy atom. The van der Waals surface area contributed by atoms with Crippen molar-refractivity contribution in [3.8, 4) is 0 Å². The lowest BCUT2D eigenvalue weighted by Crippen LogP contribution is -2.47. The number of imidazole rings is 1. The quantitative estimate of drug-likeness (QED) is 0.861. The fourth-order valence-corrected chi connectivity index (χ4v) is 2.78. The number of hydrogen-bond donors (Lipinski definition) is 2. The molecule has 1 saturated heterocycles. The maximum Gasteiger partial charge on any atom is 0.329 e. The topological polar surface area (TPSA) is 76.4 Å². The van der Waals surface area contributed by atoms with E-state index in [1.165, 1.54) is 0 Å². The molecule has 0 radical (unpaired) electrons. The average molecular weight is 318 g/mol. The molecule has 7 heteroatoms. The van der Waals surface area contributed by atoms with Crippen LogP contribution in [0.3, 0.4) is 0 Å². The molecule has 1 aromatic heterocycles. The van der Waals surface area contributed by atoms with Crippen molar-refractivity contribution < 1.29 is 14.6 Å². The van der Waals surface area contributed by atoms with Crippen LogP contribution >= 0.6 is 15.9 Å². The maximum atomic E-state index is 10.7. The first-order valence-corrected chi connectivity index (χ1v) is 6.59. The highest BCUT2D eigenvalue weighted by atomic mass is 79.9. The van der Waals surface area contributed by atoms with E-state index in [0.717, 1.165) is 29.8 Å². The van der Waals surface area contributed by atoms with Gasteiger partial charge in [-0.3, -0.25) is 0 Å². The van der Waals surface area contributed by atoms with E-state index in [0.29, 0.717) is 6.54 Å². The number of carboxylic acids is 1.